The van der Waals surface area contributed by atoms with E-state index in [0.29, 0.717) is 11.1 Å². The van der Waals surface area contributed by atoms with Crippen molar-refractivity contribution in [3.8, 4) is 0 Å². The predicted molar refractivity (Wildman–Crippen MR) is 80.3 cm³/mol. The highest BCUT2D eigenvalue weighted by molar-refractivity contribution is 6.30. The molecule has 0 radical (unpaired) electrons. The lowest BCUT2D eigenvalue weighted by atomic mass is 10.1. The van der Waals surface area contributed by atoms with Crippen LogP contribution in [0.25, 0.3) is 11.1 Å². The van der Waals surface area contributed by atoms with Crippen molar-refractivity contribution < 1.29 is 8.81 Å². The van der Waals surface area contributed by atoms with Crippen LogP contribution in [-0.2, 0) is 0 Å². The summed E-state index contributed by atoms with van der Waals surface area (Å²) >= 11 is 5.67. The van der Waals surface area contributed by atoms with Crippen LogP contribution in [0.2, 0.25) is 5.02 Å². The first-order chi connectivity index (χ1) is 10.0. The van der Waals surface area contributed by atoms with Gasteiger partial charge in [0.1, 0.15) is 5.82 Å². The van der Waals surface area contributed by atoms with E-state index < -0.39 is 11.6 Å². The number of fused-ring (bicyclic) bond motifs is 1. The van der Waals surface area contributed by atoms with E-state index in [1.807, 2.05) is 6.92 Å². The molecule has 0 aliphatic rings. The summed E-state index contributed by atoms with van der Waals surface area (Å²) in [6.45, 7) is 1.91. The van der Waals surface area contributed by atoms with Gasteiger partial charge in [-0.15, -0.1) is 0 Å². The van der Waals surface area contributed by atoms with Gasteiger partial charge in [-0.2, -0.15) is 0 Å². The molecular formula is C15H12ClFN2O2. The second kappa shape index (κ2) is 5.26. The van der Waals surface area contributed by atoms with Crippen molar-refractivity contribution >= 4 is 28.4 Å². The molecule has 3 aromatic rings. The minimum Gasteiger partial charge on any atom is -0.408 e. The average Bonchev–Trinajstić information content (AvgIpc) is 2.81. The van der Waals surface area contributed by atoms with Crippen LogP contribution >= 0.6 is 11.6 Å². The van der Waals surface area contributed by atoms with E-state index in [-0.39, 0.29) is 11.1 Å². The standard InChI is InChI=1S/C15H12ClFN2O2/c1-8(9-2-4-11(16)12(17)6-9)18-10-3-5-14-13(7-10)19-15(20)21-14/h2-8,18H,1H3,(H,19,20). The molecule has 0 amide bonds. The van der Waals surface area contributed by atoms with E-state index in [2.05, 4.69) is 10.3 Å². The van der Waals surface area contributed by atoms with E-state index in [0.717, 1.165) is 11.3 Å². The van der Waals surface area contributed by atoms with Crippen molar-refractivity contribution in [3.05, 3.63) is 63.4 Å². The molecule has 0 aliphatic heterocycles. The normalized spacial score (nSPS) is 12.5. The van der Waals surface area contributed by atoms with Crippen LogP contribution in [0.5, 0.6) is 0 Å². The van der Waals surface area contributed by atoms with Gasteiger partial charge in [0.15, 0.2) is 5.58 Å². The number of nitrogens with one attached hydrogen (secondary N) is 2. The number of aromatic nitrogens is 1. The molecule has 108 valence electrons. The Kier molecular flexibility index (Phi) is 3.43. The number of hydrogen-bond donors (Lipinski definition) is 2. The summed E-state index contributed by atoms with van der Waals surface area (Å²) in [4.78, 5) is 13.7. The fraction of sp³-hybridized carbons (Fsp3) is 0.133. The van der Waals surface area contributed by atoms with Crippen molar-refractivity contribution in [1.29, 1.82) is 0 Å². The van der Waals surface area contributed by atoms with Gasteiger partial charge >= 0.3 is 5.76 Å². The number of oxazole rings is 1. The summed E-state index contributed by atoms with van der Waals surface area (Å²) in [5.41, 5.74) is 2.68. The minimum absolute atomic E-state index is 0.100. The van der Waals surface area contributed by atoms with Crippen molar-refractivity contribution in [2.45, 2.75) is 13.0 Å². The van der Waals surface area contributed by atoms with Crippen molar-refractivity contribution in [2.75, 3.05) is 5.32 Å². The molecule has 0 bridgehead atoms. The lowest BCUT2D eigenvalue weighted by molar-refractivity contribution is 0.555. The summed E-state index contributed by atoms with van der Waals surface area (Å²) in [6, 6.07) is 9.84. The van der Waals surface area contributed by atoms with Crippen molar-refractivity contribution in [3.63, 3.8) is 0 Å². The third-order valence-corrected chi connectivity index (χ3v) is 3.55. The van der Waals surface area contributed by atoms with Crippen molar-refractivity contribution in [1.82, 2.24) is 4.98 Å². The zero-order valence-corrected chi connectivity index (χ0v) is 11.9. The zero-order chi connectivity index (χ0) is 15.0. The number of hydrogen-bond acceptors (Lipinski definition) is 3. The van der Waals surface area contributed by atoms with Crippen LogP contribution in [0.4, 0.5) is 10.1 Å². The maximum absolute atomic E-state index is 13.5. The Balaban J connectivity index is 1.86. The summed E-state index contributed by atoms with van der Waals surface area (Å²) < 4.78 is 18.4. The first kappa shape index (κ1) is 13.7. The third-order valence-electron chi connectivity index (χ3n) is 3.25. The van der Waals surface area contributed by atoms with Gasteiger partial charge < -0.3 is 9.73 Å². The first-order valence-electron chi connectivity index (χ1n) is 6.37. The van der Waals surface area contributed by atoms with Crippen LogP contribution in [0.15, 0.2) is 45.6 Å². The first-order valence-corrected chi connectivity index (χ1v) is 6.75. The molecule has 0 saturated heterocycles. The van der Waals surface area contributed by atoms with Crippen LogP contribution in [0.3, 0.4) is 0 Å². The Morgan fingerprint density at radius 2 is 2.10 bits per heavy atom. The molecule has 1 atom stereocenters. The second-order valence-corrected chi connectivity index (χ2v) is 5.17. The number of halogens is 2. The molecule has 0 aliphatic carbocycles. The summed E-state index contributed by atoms with van der Waals surface area (Å²) in [7, 11) is 0. The molecule has 0 saturated carbocycles. The molecule has 0 spiro atoms. The van der Waals surface area contributed by atoms with Gasteiger partial charge in [-0.3, -0.25) is 4.98 Å². The highest BCUT2D eigenvalue weighted by Crippen LogP contribution is 2.24. The number of anilines is 1. The number of benzene rings is 2. The smallest absolute Gasteiger partial charge is 0.408 e. The largest absolute Gasteiger partial charge is 0.417 e. The van der Waals surface area contributed by atoms with Crippen LogP contribution < -0.4 is 11.1 Å². The van der Waals surface area contributed by atoms with E-state index in [9.17, 15) is 9.18 Å². The Hall–Kier alpha value is -2.27. The summed E-state index contributed by atoms with van der Waals surface area (Å²) in [5.74, 6) is -0.938. The number of rotatable bonds is 3. The molecule has 1 heterocycles. The highest BCUT2D eigenvalue weighted by atomic mass is 35.5. The molecule has 1 unspecified atom stereocenters. The van der Waals surface area contributed by atoms with Gasteiger partial charge in [-0.25, -0.2) is 9.18 Å². The highest BCUT2D eigenvalue weighted by Gasteiger charge is 2.09. The Bertz CT molecular complexity index is 856. The van der Waals surface area contributed by atoms with E-state index in [4.69, 9.17) is 16.0 Å². The van der Waals surface area contributed by atoms with Crippen LogP contribution in [-0.4, -0.2) is 4.98 Å². The van der Waals surface area contributed by atoms with Gasteiger partial charge in [0.05, 0.1) is 10.5 Å². The second-order valence-electron chi connectivity index (χ2n) is 4.77. The van der Waals surface area contributed by atoms with Gasteiger partial charge in [0, 0.05) is 11.7 Å². The topological polar surface area (TPSA) is 58.0 Å². The Morgan fingerprint density at radius 1 is 1.29 bits per heavy atom. The zero-order valence-electron chi connectivity index (χ0n) is 11.1. The molecule has 21 heavy (non-hydrogen) atoms. The molecule has 2 aromatic carbocycles. The fourth-order valence-corrected chi connectivity index (χ4v) is 2.27. The fourth-order valence-electron chi connectivity index (χ4n) is 2.16. The van der Waals surface area contributed by atoms with Crippen molar-refractivity contribution in [2.24, 2.45) is 0 Å². The number of H-pyrrole nitrogens is 1. The molecule has 3 rings (SSSR count). The molecule has 4 nitrogen and oxygen atoms in total. The molecule has 2 N–H and O–H groups in total. The molecule has 0 fully saturated rings. The molecular weight excluding hydrogens is 295 g/mol. The number of aromatic amines is 1. The van der Waals surface area contributed by atoms with E-state index in [1.54, 1.807) is 24.3 Å². The lowest BCUT2D eigenvalue weighted by Gasteiger charge is -2.16. The van der Waals surface area contributed by atoms with Crippen LogP contribution in [0.1, 0.15) is 18.5 Å². The minimum atomic E-state index is -0.491. The monoisotopic (exact) mass is 306 g/mol. The van der Waals surface area contributed by atoms with E-state index >= 15 is 0 Å². The maximum atomic E-state index is 13.5. The molecule has 1 aromatic heterocycles. The summed E-state index contributed by atoms with van der Waals surface area (Å²) in [5, 5.41) is 3.33. The predicted octanol–water partition coefficient (Wildman–Crippen LogP) is 4.09. The van der Waals surface area contributed by atoms with Gasteiger partial charge in [0.2, 0.25) is 0 Å². The van der Waals surface area contributed by atoms with Gasteiger partial charge in [-0.1, -0.05) is 17.7 Å². The maximum Gasteiger partial charge on any atom is 0.417 e. The Labute approximate surface area is 124 Å². The molecule has 6 heteroatoms. The quantitative estimate of drug-likeness (QED) is 0.766. The van der Waals surface area contributed by atoms with Gasteiger partial charge in [-0.05, 0) is 42.8 Å². The summed E-state index contributed by atoms with van der Waals surface area (Å²) in [6.07, 6.45) is 0. The van der Waals surface area contributed by atoms with Crippen LogP contribution in [0, 0.1) is 5.82 Å². The SMILES string of the molecule is CC(Nc1ccc2oc(=O)[nH]c2c1)c1ccc(Cl)c(F)c1. The third kappa shape index (κ3) is 2.78. The lowest BCUT2D eigenvalue weighted by Crippen LogP contribution is -2.06. The average molecular weight is 307 g/mol. The van der Waals surface area contributed by atoms with E-state index in [1.165, 1.54) is 12.1 Å². The Morgan fingerprint density at radius 3 is 2.86 bits per heavy atom. The van der Waals surface area contributed by atoms with Gasteiger partial charge in [0.25, 0.3) is 0 Å².